The molecule has 8 heteroatoms. The fourth-order valence-electron chi connectivity index (χ4n) is 4.91. The number of fused-ring (bicyclic) bond motifs is 3. The number of ether oxygens (including phenoxy) is 1. The molecule has 4 heterocycles. The molecule has 2 aromatic heterocycles. The predicted octanol–water partition coefficient (Wildman–Crippen LogP) is 4.01. The first-order chi connectivity index (χ1) is 15.8. The molecule has 2 unspecified atom stereocenters. The number of amides is 2. The minimum atomic E-state index is -0.544. The van der Waals surface area contributed by atoms with Crippen LogP contribution in [0.1, 0.15) is 50.4 Å². The zero-order chi connectivity index (χ0) is 23.2. The van der Waals surface area contributed by atoms with Gasteiger partial charge in [-0.05, 0) is 46.1 Å². The SMILES string of the molecule is CC(C)(C)OC(=O)N1C2CCC1CN(C(=O)c1cnn3c(-c4ccccc4)ccnc13)CC2. The number of nitrogens with zero attached hydrogens (tertiary/aromatic N) is 5. The normalized spacial score (nSPS) is 20.7. The lowest BCUT2D eigenvalue weighted by Crippen LogP contribution is -2.46. The van der Waals surface area contributed by atoms with E-state index in [1.165, 1.54) is 0 Å². The second-order valence-electron chi connectivity index (χ2n) is 9.80. The van der Waals surface area contributed by atoms with Gasteiger partial charge < -0.3 is 14.5 Å². The summed E-state index contributed by atoms with van der Waals surface area (Å²) in [5, 5.41) is 4.49. The number of carbonyl (C=O) groups excluding carboxylic acids is 2. The maximum absolute atomic E-state index is 13.6. The predicted molar refractivity (Wildman–Crippen MR) is 124 cm³/mol. The molecule has 0 aliphatic carbocycles. The molecule has 2 aliphatic heterocycles. The largest absolute Gasteiger partial charge is 0.444 e. The lowest BCUT2D eigenvalue weighted by Gasteiger charge is -2.31. The Hall–Kier alpha value is -3.42. The number of carbonyl (C=O) groups is 2. The van der Waals surface area contributed by atoms with Crippen LogP contribution < -0.4 is 0 Å². The Balaban J connectivity index is 1.40. The number of rotatable bonds is 2. The molecule has 2 bridgehead atoms. The van der Waals surface area contributed by atoms with Gasteiger partial charge in [-0.15, -0.1) is 0 Å². The summed E-state index contributed by atoms with van der Waals surface area (Å²) in [5.41, 5.74) is 2.37. The molecule has 33 heavy (non-hydrogen) atoms. The van der Waals surface area contributed by atoms with E-state index < -0.39 is 5.60 Å². The van der Waals surface area contributed by atoms with Crippen LogP contribution in [-0.2, 0) is 4.74 Å². The second-order valence-corrected chi connectivity index (χ2v) is 9.80. The molecule has 0 saturated carbocycles. The highest BCUT2D eigenvalue weighted by Crippen LogP contribution is 2.32. The topological polar surface area (TPSA) is 80.0 Å². The van der Waals surface area contributed by atoms with E-state index in [9.17, 15) is 9.59 Å². The molecule has 8 nitrogen and oxygen atoms in total. The van der Waals surface area contributed by atoms with E-state index in [0.717, 1.165) is 30.5 Å². The van der Waals surface area contributed by atoms with Gasteiger partial charge in [-0.2, -0.15) is 5.10 Å². The number of aromatic nitrogens is 3. The van der Waals surface area contributed by atoms with Crippen LogP contribution in [-0.4, -0.2) is 67.2 Å². The fourth-order valence-corrected chi connectivity index (χ4v) is 4.91. The van der Waals surface area contributed by atoms with Gasteiger partial charge in [0.05, 0.1) is 17.9 Å². The summed E-state index contributed by atoms with van der Waals surface area (Å²) in [7, 11) is 0. The maximum atomic E-state index is 13.6. The van der Waals surface area contributed by atoms with Gasteiger partial charge in [0.2, 0.25) is 0 Å². The third kappa shape index (κ3) is 4.05. The van der Waals surface area contributed by atoms with Crippen molar-refractivity contribution in [3.8, 4) is 11.3 Å². The summed E-state index contributed by atoms with van der Waals surface area (Å²) in [6.07, 6.45) is 5.60. The smallest absolute Gasteiger partial charge is 0.410 e. The highest BCUT2D eigenvalue weighted by atomic mass is 16.6. The molecule has 5 rings (SSSR count). The van der Waals surface area contributed by atoms with Crippen molar-refractivity contribution in [2.24, 2.45) is 0 Å². The lowest BCUT2D eigenvalue weighted by molar-refractivity contribution is 0.0151. The average molecular weight is 448 g/mol. The van der Waals surface area contributed by atoms with Crippen LogP contribution >= 0.6 is 0 Å². The van der Waals surface area contributed by atoms with Crippen molar-refractivity contribution in [3.63, 3.8) is 0 Å². The van der Waals surface area contributed by atoms with E-state index in [2.05, 4.69) is 10.1 Å². The van der Waals surface area contributed by atoms with Gasteiger partial charge in [0.15, 0.2) is 5.65 Å². The van der Waals surface area contributed by atoms with Crippen LogP contribution in [0.15, 0.2) is 48.8 Å². The van der Waals surface area contributed by atoms with Crippen LogP contribution in [0.5, 0.6) is 0 Å². The first kappa shape index (κ1) is 21.4. The van der Waals surface area contributed by atoms with E-state index in [4.69, 9.17) is 4.74 Å². The highest BCUT2D eigenvalue weighted by Gasteiger charge is 2.43. The monoisotopic (exact) mass is 447 g/mol. The molecule has 0 radical (unpaired) electrons. The van der Waals surface area contributed by atoms with Crippen LogP contribution in [0.2, 0.25) is 0 Å². The second kappa shape index (κ2) is 8.17. The van der Waals surface area contributed by atoms with Crippen LogP contribution in [0.25, 0.3) is 16.9 Å². The number of hydrogen-bond donors (Lipinski definition) is 0. The Kier molecular flexibility index (Phi) is 5.31. The maximum Gasteiger partial charge on any atom is 0.410 e. The first-order valence-electron chi connectivity index (χ1n) is 11.5. The fraction of sp³-hybridized carbons (Fsp3) is 0.440. The first-order valence-corrected chi connectivity index (χ1v) is 11.5. The molecular formula is C25H29N5O3. The quantitative estimate of drug-likeness (QED) is 0.593. The molecule has 2 aliphatic rings. The van der Waals surface area contributed by atoms with Crippen molar-refractivity contribution in [3.05, 3.63) is 54.4 Å². The Morgan fingerprint density at radius 1 is 1.03 bits per heavy atom. The third-order valence-corrected chi connectivity index (χ3v) is 6.38. The van der Waals surface area contributed by atoms with Crippen LogP contribution in [0, 0.1) is 0 Å². The summed E-state index contributed by atoms with van der Waals surface area (Å²) in [6, 6.07) is 11.9. The Morgan fingerprint density at radius 2 is 1.79 bits per heavy atom. The van der Waals surface area contributed by atoms with E-state index in [1.54, 1.807) is 16.9 Å². The minimum Gasteiger partial charge on any atom is -0.444 e. The van der Waals surface area contributed by atoms with Crippen molar-refractivity contribution in [1.82, 2.24) is 24.4 Å². The van der Waals surface area contributed by atoms with E-state index in [0.29, 0.717) is 24.3 Å². The molecular weight excluding hydrogens is 418 g/mol. The van der Waals surface area contributed by atoms with Crippen molar-refractivity contribution in [1.29, 1.82) is 0 Å². The zero-order valence-corrected chi connectivity index (χ0v) is 19.3. The molecule has 172 valence electrons. The molecule has 0 N–H and O–H groups in total. The van der Waals surface area contributed by atoms with Crippen molar-refractivity contribution in [2.75, 3.05) is 13.1 Å². The van der Waals surface area contributed by atoms with Gasteiger partial charge in [-0.1, -0.05) is 30.3 Å². The van der Waals surface area contributed by atoms with Gasteiger partial charge in [0.1, 0.15) is 11.2 Å². The zero-order valence-electron chi connectivity index (χ0n) is 19.3. The van der Waals surface area contributed by atoms with E-state index in [-0.39, 0.29) is 24.1 Å². The van der Waals surface area contributed by atoms with Gasteiger partial charge >= 0.3 is 6.09 Å². The highest BCUT2D eigenvalue weighted by molar-refractivity contribution is 6.00. The van der Waals surface area contributed by atoms with Crippen molar-refractivity contribution in [2.45, 2.75) is 57.7 Å². The van der Waals surface area contributed by atoms with E-state index in [1.807, 2.05) is 67.0 Å². The van der Waals surface area contributed by atoms with Crippen molar-refractivity contribution >= 4 is 17.6 Å². The summed E-state index contributed by atoms with van der Waals surface area (Å²) >= 11 is 0. The Bertz CT molecular complexity index is 1180. The van der Waals surface area contributed by atoms with E-state index >= 15 is 0 Å². The summed E-state index contributed by atoms with van der Waals surface area (Å²) < 4.78 is 7.38. The third-order valence-electron chi connectivity index (χ3n) is 6.38. The number of hydrogen-bond acceptors (Lipinski definition) is 5. The Morgan fingerprint density at radius 3 is 2.55 bits per heavy atom. The molecule has 2 atom stereocenters. The Labute approximate surface area is 193 Å². The number of likely N-dealkylation sites (tertiary alicyclic amines) is 1. The molecule has 2 saturated heterocycles. The summed E-state index contributed by atoms with van der Waals surface area (Å²) in [6.45, 7) is 6.71. The molecule has 2 amide bonds. The van der Waals surface area contributed by atoms with Gasteiger partial charge in [-0.3, -0.25) is 4.79 Å². The lowest BCUT2D eigenvalue weighted by atomic mass is 10.1. The van der Waals surface area contributed by atoms with Gasteiger partial charge in [-0.25, -0.2) is 14.3 Å². The van der Waals surface area contributed by atoms with Gasteiger partial charge in [0.25, 0.3) is 5.91 Å². The van der Waals surface area contributed by atoms with Crippen LogP contribution in [0.4, 0.5) is 4.79 Å². The minimum absolute atomic E-state index is 0.0361. The van der Waals surface area contributed by atoms with Crippen molar-refractivity contribution < 1.29 is 14.3 Å². The number of benzene rings is 1. The molecule has 1 aromatic carbocycles. The van der Waals surface area contributed by atoms with Crippen LogP contribution in [0.3, 0.4) is 0 Å². The standard InChI is InChI=1S/C25H29N5O3/c1-25(2,3)33-24(32)29-18-9-10-19(29)16-28(14-12-18)23(31)20-15-27-30-21(11-13-26-22(20)30)17-7-5-4-6-8-17/h4-8,11,13,15,18-19H,9-10,12,14,16H2,1-3H3. The summed E-state index contributed by atoms with van der Waals surface area (Å²) in [5.74, 6) is -0.0978. The van der Waals surface area contributed by atoms with Gasteiger partial charge in [0, 0.05) is 30.9 Å². The molecule has 2 fully saturated rings. The average Bonchev–Trinajstić information content (AvgIpc) is 3.33. The molecule has 0 spiro atoms. The summed E-state index contributed by atoms with van der Waals surface area (Å²) in [4.78, 5) is 34.6. The molecule has 3 aromatic rings.